The van der Waals surface area contributed by atoms with Crippen molar-refractivity contribution < 1.29 is 0 Å². The summed E-state index contributed by atoms with van der Waals surface area (Å²) in [6.45, 7) is 0. The molecule has 0 amide bonds. The lowest BCUT2D eigenvalue weighted by atomic mass is 9.81. The van der Waals surface area contributed by atoms with Crippen LogP contribution in [0.2, 0.25) is 0 Å². The molecule has 3 rings (SSSR count). The molecule has 0 N–H and O–H groups in total. The van der Waals surface area contributed by atoms with Gasteiger partial charge in [0.05, 0.1) is 22.2 Å². The summed E-state index contributed by atoms with van der Waals surface area (Å²) >= 11 is 1.60. The zero-order valence-corrected chi connectivity index (χ0v) is 10.00. The second-order valence-electron chi connectivity index (χ2n) is 4.80. The predicted octanol–water partition coefficient (Wildman–Crippen LogP) is 2.39. The van der Waals surface area contributed by atoms with Gasteiger partial charge in [-0.15, -0.1) is 11.8 Å². The van der Waals surface area contributed by atoms with E-state index in [1.807, 2.05) is 12.3 Å². The van der Waals surface area contributed by atoms with Crippen molar-refractivity contribution >= 4 is 11.8 Å². The van der Waals surface area contributed by atoms with Crippen LogP contribution in [0.25, 0.3) is 0 Å². The summed E-state index contributed by atoms with van der Waals surface area (Å²) in [6.07, 6.45) is 6.91. The van der Waals surface area contributed by atoms with Crippen LogP contribution in [0, 0.1) is 23.2 Å². The highest BCUT2D eigenvalue weighted by Crippen LogP contribution is 2.60. The zero-order valence-electron chi connectivity index (χ0n) is 9.18. The molecule has 0 aliphatic heterocycles. The van der Waals surface area contributed by atoms with Crippen molar-refractivity contribution in [3.63, 3.8) is 0 Å². The summed E-state index contributed by atoms with van der Waals surface area (Å²) in [5, 5.41) is 10.4. The van der Waals surface area contributed by atoms with Gasteiger partial charge in [-0.1, -0.05) is 0 Å². The molecule has 1 heterocycles. The molecule has 0 saturated heterocycles. The Bertz CT molecular complexity index is 456. The number of hydrogen-bond acceptors (Lipinski definition) is 4. The molecule has 2 unspecified atom stereocenters. The predicted molar refractivity (Wildman–Crippen MR) is 61.9 cm³/mol. The van der Waals surface area contributed by atoms with Crippen LogP contribution in [0.1, 0.15) is 25.0 Å². The van der Waals surface area contributed by atoms with Gasteiger partial charge in [0.15, 0.2) is 0 Å². The van der Waals surface area contributed by atoms with Crippen LogP contribution >= 0.6 is 11.8 Å². The van der Waals surface area contributed by atoms with E-state index in [1.54, 1.807) is 18.1 Å². The van der Waals surface area contributed by atoms with Crippen LogP contribution in [0.15, 0.2) is 17.4 Å². The Hall–Kier alpha value is -1.08. The van der Waals surface area contributed by atoms with Gasteiger partial charge in [-0.3, -0.25) is 0 Å². The molecular weight excluding hydrogens is 218 g/mol. The Labute approximate surface area is 99.3 Å². The first-order chi connectivity index (χ1) is 7.77. The molecule has 0 bridgehead atoms. The van der Waals surface area contributed by atoms with E-state index in [-0.39, 0.29) is 5.41 Å². The third-order valence-corrected chi connectivity index (χ3v) is 4.49. The maximum absolute atomic E-state index is 9.45. The Balaban J connectivity index is 1.98. The van der Waals surface area contributed by atoms with Gasteiger partial charge in [0.1, 0.15) is 6.33 Å². The third-order valence-electron chi connectivity index (χ3n) is 3.85. The minimum Gasteiger partial charge on any atom is -0.240 e. The van der Waals surface area contributed by atoms with Crippen molar-refractivity contribution in [3.8, 4) is 6.07 Å². The molecule has 0 spiro atoms. The average Bonchev–Trinajstić information content (AvgIpc) is 2.97. The summed E-state index contributed by atoms with van der Waals surface area (Å²) in [7, 11) is 0. The van der Waals surface area contributed by atoms with Crippen molar-refractivity contribution in [1.82, 2.24) is 9.97 Å². The van der Waals surface area contributed by atoms with Gasteiger partial charge in [-0.05, 0) is 43.4 Å². The molecule has 0 aromatic carbocycles. The fraction of sp³-hybridized carbons (Fsp3) is 0.583. The van der Waals surface area contributed by atoms with E-state index in [1.165, 1.54) is 6.42 Å². The minimum atomic E-state index is -0.318. The maximum atomic E-state index is 9.45. The molecule has 2 atom stereocenters. The van der Waals surface area contributed by atoms with Gasteiger partial charge < -0.3 is 0 Å². The smallest absolute Gasteiger partial charge is 0.117 e. The lowest BCUT2D eigenvalue weighted by Crippen LogP contribution is -2.23. The molecule has 1 aromatic heterocycles. The highest BCUT2D eigenvalue weighted by molar-refractivity contribution is 7.98. The van der Waals surface area contributed by atoms with E-state index >= 15 is 0 Å². The molecule has 16 heavy (non-hydrogen) atoms. The van der Waals surface area contributed by atoms with Crippen molar-refractivity contribution in [2.45, 2.75) is 29.7 Å². The first-order valence-corrected chi connectivity index (χ1v) is 6.78. The van der Waals surface area contributed by atoms with Gasteiger partial charge in [0.25, 0.3) is 0 Å². The number of rotatable bonds is 2. The number of fused-ring (bicyclic) bond motifs is 1. The zero-order chi connectivity index (χ0) is 11.2. The number of hydrogen-bond donors (Lipinski definition) is 0. The quantitative estimate of drug-likeness (QED) is 0.579. The summed E-state index contributed by atoms with van der Waals surface area (Å²) in [5.41, 5.74) is 0.614. The monoisotopic (exact) mass is 231 g/mol. The Morgan fingerprint density at radius 1 is 1.44 bits per heavy atom. The molecule has 2 fully saturated rings. The summed E-state index contributed by atoms with van der Waals surface area (Å²) in [6, 6.07) is 4.49. The summed E-state index contributed by atoms with van der Waals surface area (Å²) in [5.74, 6) is 1.57. The first kappa shape index (κ1) is 10.1. The first-order valence-electron chi connectivity index (χ1n) is 5.55. The lowest BCUT2D eigenvalue weighted by Gasteiger charge is -2.21. The summed E-state index contributed by atoms with van der Waals surface area (Å²) in [4.78, 5) is 8.49. The van der Waals surface area contributed by atoms with Crippen LogP contribution in [0.4, 0.5) is 0 Å². The van der Waals surface area contributed by atoms with Crippen LogP contribution in [0.3, 0.4) is 0 Å². The van der Waals surface area contributed by atoms with Crippen molar-refractivity contribution in [3.05, 3.63) is 18.1 Å². The third kappa shape index (κ3) is 1.42. The number of nitrogens with zero attached hydrogens (tertiary/aromatic N) is 3. The molecular formula is C12H13N3S. The highest BCUT2D eigenvalue weighted by atomic mass is 32.2. The van der Waals surface area contributed by atoms with Crippen molar-refractivity contribution in [2.24, 2.45) is 11.8 Å². The number of aromatic nitrogens is 2. The number of thioether (sulfide) groups is 1. The Morgan fingerprint density at radius 2 is 2.19 bits per heavy atom. The largest absolute Gasteiger partial charge is 0.240 e. The molecule has 2 aliphatic carbocycles. The standard InChI is InChI=1S/C12H13N3S/c1-16-11-3-10(14-7-15-11)12(6-13)4-8-2-9(8)5-12/h3,7-9H,2,4-5H2,1H3. The van der Waals surface area contributed by atoms with Crippen LogP contribution in [-0.4, -0.2) is 16.2 Å². The molecule has 82 valence electrons. The normalized spacial score (nSPS) is 35.5. The Kier molecular flexibility index (Phi) is 2.18. The van der Waals surface area contributed by atoms with Gasteiger partial charge in [-0.2, -0.15) is 5.26 Å². The van der Waals surface area contributed by atoms with Crippen molar-refractivity contribution in [1.29, 1.82) is 5.26 Å². The second kappa shape index (κ2) is 3.46. The average molecular weight is 231 g/mol. The maximum Gasteiger partial charge on any atom is 0.117 e. The van der Waals surface area contributed by atoms with E-state index in [4.69, 9.17) is 0 Å². The molecule has 2 aliphatic rings. The topological polar surface area (TPSA) is 49.6 Å². The highest BCUT2D eigenvalue weighted by Gasteiger charge is 2.55. The van der Waals surface area contributed by atoms with Gasteiger partial charge in [0.2, 0.25) is 0 Å². The van der Waals surface area contributed by atoms with E-state index in [2.05, 4.69) is 16.0 Å². The molecule has 4 heteroatoms. The van der Waals surface area contributed by atoms with Gasteiger partial charge >= 0.3 is 0 Å². The molecule has 2 saturated carbocycles. The molecule has 0 radical (unpaired) electrons. The van der Waals surface area contributed by atoms with Crippen molar-refractivity contribution in [2.75, 3.05) is 6.26 Å². The van der Waals surface area contributed by atoms with E-state index < -0.39 is 0 Å². The fourth-order valence-electron chi connectivity index (χ4n) is 2.86. The van der Waals surface area contributed by atoms with Gasteiger partial charge in [-0.25, -0.2) is 9.97 Å². The fourth-order valence-corrected chi connectivity index (χ4v) is 3.24. The van der Waals surface area contributed by atoms with Crippen LogP contribution in [0.5, 0.6) is 0 Å². The Morgan fingerprint density at radius 3 is 2.81 bits per heavy atom. The second-order valence-corrected chi connectivity index (χ2v) is 5.63. The molecule has 3 nitrogen and oxygen atoms in total. The van der Waals surface area contributed by atoms with Crippen LogP contribution < -0.4 is 0 Å². The van der Waals surface area contributed by atoms with Crippen LogP contribution in [-0.2, 0) is 5.41 Å². The molecule has 1 aromatic rings. The van der Waals surface area contributed by atoms with Gasteiger partial charge in [0, 0.05) is 0 Å². The summed E-state index contributed by atoms with van der Waals surface area (Å²) < 4.78 is 0. The van der Waals surface area contributed by atoms with E-state index in [0.717, 1.165) is 35.4 Å². The SMILES string of the molecule is CSc1cc(C2(C#N)CC3CC3C2)ncn1. The number of nitriles is 1. The minimum absolute atomic E-state index is 0.318. The van der Waals surface area contributed by atoms with E-state index in [0.29, 0.717) is 0 Å². The van der Waals surface area contributed by atoms with E-state index in [9.17, 15) is 5.26 Å². The lowest BCUT2D eigenvalue weighted by molar-refractivity contribution is 0.487.